The van der Waals surface area contributed by atoms with Crippen molar-refractivity contribution in [2.45, 2.75) is 49.1 Å². The largest absolute Gasteiger partial charge is 0.472 e. The summed E-state index contributed by atoms with van der Waals surface area (Å²) in [7, 11) is 1.14. The number of nitrogen functional groups attached to an aromatic ring is 2. The predicted octanol–water partition coefficient (Wildman–Crippen LogP) is -0.491. The first-order valence-electron chi connectivity index (χ1n) is 13.6. The monoisotopic (exact) mass is 698 g/mol. The summed E-state index contributed by atoms with van der Waals surface area (Å²) < 4.78 is 81.0. The molecule has 6 heterocycles. The highest BCUT2D eigenvalue weighted by molar-refractivity contribution is 7.47. The number of phosphoric ester groups is 1. The number of methoxy groups -OCH3 is 1. The molecule has 4 aromatic rings. The number of nitrogens with two attached hydrogens (primary N) is 2. The molecule has 250 valence electrons. The van der Waals surface area contributed by atoms with Gasteiger partial charge in [-0.05, 0) is 0 Å². The number of halogens is 1. The molecule has 2 aliphatic heterocycles. The number of imidazole rings is 2. The number of aromatic nitrogens is 8. The van der Waals surface area contributed by atoms with E-state index >= 15 is 4.39 Å². The number of aromatic amines is 1. The summed E-state index contributed by atoms with van der Waals surface area (Å²) in [6.07, 6.45) is -7.12. The van der Waals surface area contributed by atoms with Gasteiger partial charge in [0.25, 0.3) is 5.56 Å². The standard InChI is InChI=1S/C22H26BFN10O11P2/c1-39-14-9(44-21(15(14)40-4-23)34-7-30-12-18(34)31-22(26)32-19(12)35)3-42-47(37,38)45-13-8(2-41-46-36)43-20(10(13)24)33-6-29-11-16(25)27-5-28-17(11)33/h5-10,13-15,20-21H,2-4H2,1H3,(H,37,38)(H2,25,27,28)(H3,26,31,32,35). The molecule has 0 aliphatic carbocycles. The summed E-state index contributed by atoms with van der Waals surface area (Å²) in [5.41, 5.74) is 11.3. The minimum absolute atomic E-state index is 0.0355. The van der Waals surface area contributed by atoms with Gasteiger partial charge < -0.3 is 35.3 Å². The van der Waals surface area contributed by atoms with Crippen molar-refractivity contribution in [3.8, 4) is 0 Å². The quantitative estimate of drug-likeness (QED) is 0.101. The second-order valence-electron chi connectivity index (χ2n) is 10.1. The summed E-state index contributed by atoms with van der Waals surface area (Å²) in [5.74, 6) is -0.144. The van der Waals surface area contributed by atoms with Gasteiger partial charge in [0.15, 0.2) is 41.3 Å². The van der Waals surface area contributed by atoms with Crippen LogP contribution in [-0.2, 0) is 41.6 Å². The second-order valence-corrected chi connectivity index (χ2v) is 11.9. The van der Waals surface area contributed by atoms with Crippen LogP contribution in [0.3, 0.4) is 0 Å². The zero-order valence-electron chi connectivity index (χ0n) is 24.1. The Balaban J connectivity index is 1.20. The van der Waals surface area contributed by atoms with Gasteiger partial charge in [-0.25, -0.2) is 33.5 Å². The van der Waals surface area contributed by atoms with E-state index in [1.165, 1.54) is 28.9 Å². The highest BCUT2D eigenvalue weighted by Gasteiger charge is 2.52. The first-order chi connectivity index (χ1) is 22.6. The van der Waals surface area contributed by atoms with Crippen LogP contribution in [0, 0.1) is 0 Å². The number of H-pyrrole nitrogens is 1. The fourth-order valence-electron chi connectivity index (χ4n) is 5.46. The highest BCUT2D eigenvalue weighted by atomic mass is 31.2. The lowest BCUT2D eigenvalue weighted by molar-refractivity contribution is -0.0639. The number of hydrogen-bond acceptors (Lipinski definition) is 17. The zero-order chi connectivity index (χ0) is 33.5. The van der Waals surface area contributed by atoms with Crippen molar-refractivity contribution in [2.75, 3.05) is 38.3 Å². The van der Waals surface area contributed by atoms with E-state index in [1.807, 2.05) is 0 Å². The molecule has 0 bridgehead atoms. The lowest BCUT2D eigenvalue weighted by Crippen LogP contribution is -2.38. The number of fused-ring (bicyclic) bond motifs is 2. The number of rotatable bonds is 13. The van der Waals surface area contributed by atoms with Crippen LogP contribution in [0.1, 0.15) is 12.5 Å². The van der Waals surface area contributed by atoms with E-state index < -0.39 is 84.4 Å². The minimum atomic E-state index is -5.09. The predicted molar refractivity (Wildman–Crippen MR) is 156 cm³/mol. The number of nitrogens with zero attached hydrogens (tertiary/aromatic N) is 7. The maximum atomic E-state index is 15.9. The lowest BCUT2D eigenvalue weighted by atomic mass is 10.1. The van der Waals surface area contributed by atoms with Gasteiger partial charge in [0.05, 0.1) is 25.9 Å². The van der Waals surface area contributed by atoms with Crippen molar-refractivity contribution in [2.24, 2.45) is 0 Å². The summed E-state index contributed by atoms with van der Waals surface area (Å²) in [6.45, 7) is -1.40. The van der Waals surface area contributed by atoms with Gasteiger partial charge in [-0.1, -0.05) is 0 Å². The van der Waals surface area contributed by atoms with Crippen LogP contribution in [0.15, 0.2) is 23.8 Å². The number of anilines is 2. The number of alkyl halides is 1. The first-order valence-corrected chi connectivity index (χ1v) is 15.8. The average Bonchev–Trinajstić information content (AvgIpc) is 3.80. The summed E-state index contributed by atoms with van der Waals surface area (Å²) >= 11 is 0. The first kappa shape index (κ1) is 33.4. The molecule has 2 radical (unpaired) electrons. The molecule has 0 aromatic carbocycles. The van der Waals surface area contributed by atoms with Crippen molar-refractivity contribution in [3.05, 3.63) is 29.3 Å². The van der Waals surface area contributed by atoms with Crippen LogP contribution in [-0.4, -0.2) is 115 Å². The van der Waals surface area contributed by atoms with Crippen LogP contribution in [0.2, 0.25) is 0 Å². The molecular weight excluding hydrogens is 672 g/mol. The Morgan fingerprint density at radius 2 is 1.77 bits per heavy atom. The summed E-state index contributed by atoms with van der Waals surface area (Å²) in [5, 5.41) is 0. The third-order valence-electron chi connectivity index (χ3n) is 7.45. The van der Waals surface area contributed by atoms with E-state index in [2.05, 4.69) is 29.9 Å². The van der Waals surface area contributed by atoms with Gasteiger partial charge >= 0.3 is 16.5 Å². The summed E-state index contributed by atoms with van der Waals surface area (Å²) in [4.78, 5) is 45.5. The van der Waals surface area contributed by atoms with Gasteiger partial charge in [0, 0.05) is 13.6 Å². The van der Waals surface area contributed by atoms with Gasteiger partial charge in [-0.2, -0.15) is 4.98 Å². The number of hydrogen-bond donors (Lipinski definition) is 4. The molecule has 9 unspecified atom stereocenters. The minimum Gasteiger partial charge on any atom is -0.382 e. The van der Waals surface area contributed by atoms with Crippen LogP contribution in [0.5, 0.6) is 0 Å². The maximum Gasteiger partial charge on any atom is 0.472 e. The van der Waals surface area contributed by atoms with Crippen molar-refractivity contribution in [1.29, 1.82) is 0 Å². The van der Waals surface area contributed by atoms with Crippen LogP contribution in [0.25, 0.3) is 22.3 Å². The Bertz CT molecular complexity index is 1870. The SMILES string of the molecule is [B]COC1C(OC)C(COP(=O)(O)OC2C(COP=O)OC(n3cnc4c(N)ncnc43)C2F)OC1n1cnc2c(=O)[nH]c(N)nc21. The zero-order valence-corrected chi connectivity index (χ0v) is 25.9. The van der Waals surface area contributed by atoms with Gasteiger partial charge in [0.2, 0.25) is 5.95 Å². The van der Waals surface area contributed by atoms with E-state index in [4.69, 9.17) is 51.8 Å². The molecule has 0 saturated carbocycles. The van der Waals surface area contributed by atoms with Gasteiger partial charge in [-0.15, -0.1) is 0 Å². The Morgan fingerprint density at radius 1 is 1.06 bits per heavy atom. The van der Waals surface area contributed by atoms with E-state index in [0.717, 1.165) is 6.33 Å². The Labute approximate surface area is 265 Å². The molecule has 47 heavy (non-hydrogen) atoms. The number of ether oxygens (including phenoxy) is 4. The molecule has 21 nitrogen and oxygen atoms in total. The molecular formula is C22H26BFN10O11P2. The Kier molecular flexibility index (Phi) is 9.63. The van der Waals surface area contributed by atoms with Crippen LogP contribution >= 0.6 is 16.5 Å². The molecule has 0 amide bonds. The normalized spacial score (nSPS) is 29.3. The van der Waals surface area contributed by atoms with E-state index in [9.17, 15) is 18.8 Å². The van der Waals surface area contributed by atoms with Crippen molar-refractivity contribution >= 4 is 58.4 Å². The number of nitrogens with one attached hydrogen (secondary N) is 1. The molecule has 9 atom stereocenters. The third kappa shape index (κ3) is 6.39. The molecule has 2 saturated heterocycles. The van der Waals surface area contributed by atoms with E-state index in [-0.39, 0.29) is 40.6 Å². The van der Waals surface area contributed by atoms with Crippen LogP contribution < -0.4 is 17.0 Å². The third-order valence-corrected chi connectivity index (χ3v) is 8.69. The van der Waals surface area contributed by atoms with E-state index in [0.29, 0.717) is 0 Å². The maximum absolute atomic E-state index is 15.9. The Morgan fingerprint density at radius 3 is 2.49 bits per heavy atom. The topological polar surface area (TPSA) is 278 Å². The smallest absolute Gasteiger partial charge is 0.382 e. The molecule has 4 aromatic heterocycles. The fraction of sp³-hybridized carbons (Fsp3) is 0.545. The molecule has 6 rings (SSSR count). The van der Waals surface area contributed by atoms with Crippen molar-refractivity contribution < 1.29 is 50.9 Å². The average molecular weight is 698 g/mol. The summed E-state index contributed by atoms with van der Waals surface area (Å²) in [6, 6.07) is 0. The molecule has 2 fully saturated rings. The molecule has 6 N–H and O–H groups in total. The van der Waals surface area contributed by atoms with Gasteiger partial charge in [0.1, 0.15) is 50.2 Å². The number of phosphoric acid groups is 1. The fourth-order valence-corrected chi connectivity index (χ4v) is 6.62. The van der Waals surface area contributed by atoms with Crippen LogP contribution in [0.4, 0.5) is 16.2 Å². The highest BCUT2D eigenvalue weighted by Crippen LogP contribution is 2.50. The molecule has 2 aliphatic rings. The second kappa shape index (κ2) is 13.6. The molecule has 0 spiro atoms. The van der Waals surface area contributed by atoms with Crippen molar-refractivity contribution in [1.82, 2.24) is 39.0 Å². The van der Waals surface area contributed by atoms with Gasteiger partial charge in [-0.3, -0.25) is 32.5 Å². The van der Waals surface area contributed by atoms with E-state index in [1.54, 1.807) is 0 Å². The van der Waals surface area contributed by atoms with Crippen molar-refractivity contribution in [3.63, 3.8) is 0 Å². The lowest BCUT2D eigenvalue weighted by Gasteiger charge is -2.24. The molecule has 25 heteroatoms. The Hall–Kier alpha value is -3.50.